The summed E-state index contributed by atoms with van der Waals surface area (Å²) < 4.78 is 5.80. The van der Waals surface area contributed by atoms with Crippen LogP contribution in [0.5, 0.6) is 5.75 Å². The second kappa shape index (κ2) is 11.5. The van der Waals surface area contributed by atoms with Gasteiger partial charge in [-0.25, -0.2) is 0 Å². The van der Waals surface area contributed by atoms with Crippen molar-refractivity contribution in [2.75, 3.05) is 18.4 Å². The first-order valence-corrected chi connectivity index (χ1v) is 12.9. The molecule has 2 heterocycles. The normalized spacial score (nSPS) is 14.6. The number of ether oxygens (including phenoxy) is 1. The van der Waals surface area contributed by atoms with Gasteiger partial charge in [-0.3, -0.25) is 14.5 Å². The lowest BCUT2D eigenvalue weighted by Crippen LogP contribution is -2.44. The van der Waals surface area contributed by atoms with Crippen molar-refractivity contribution in [1.29, 1.82) is 0 Å². The highest BCUT2D eigenvalue weighted by atomic mass is 32.1. The molecule has 4 rings (SSSR count). The van der Waals surface area contributed by atoms with Gasteiger partial charge in [0.2, 0.25) is 5.91 Å². The molecule has 1 aliphatic rings. The van der Waals surface area contributed by atoms with Crippen LogP contribution in [0.15, 0.2) is 60.7 Å². The third kappa shape index (κ3) is 7.16. The summed E-state index contributed by atoms with van der Waals surface area (Å²) >= 11 is 1.51. The van der Waals surface area contributed by atoms with E-state index in [1.165, 1.54) is 23.8 Å². The van der Waals surface area contributed by atoms with Crippen molar-refractivity contribution in [3.8, 4) is 16.2 Å². The summed E-state index contributed by atoms with van der Waals surface area (Å²) in [4.78, 5) is 28.3. The molecular formula is C28H33N3O3S. The van der Waals surface area contributed by atoms with E-state index < -0.39 is 0 Å². The Morgan fingerprint density at radius 3 is 2.49 bits per heavy atom. The summed E-state index contributed by atoms with van der Waals surface area (Å²) in [5.41, 5.74) is 3.09. The zero-order valence-corrected chi connectivity index (χ0v) is 21.4. The molecule has 1 aromatic heterocycles. The number of benzene rings is 2. The predicted molar refractivity (Wildman–Crippen MR) is 142 cm³/mol. The Morgan fingerprint density at radius 2 is 1.80 bits per heavy atom. The van der Waals surface area contributed by atoms with Gasteiger partial charge < -0.3 is 15.4 Å². The topological polar surface area (TPSA) is 70.7 Å². The van der Waals surface area contributed by atoms with Gasteiger partial charge in [0.15, 0.2) is 0 Å². The third-order valence-corrected chi connectivity index (χ3v) is 7.06. The van der Waals surface area contributed by atoms with Crippen LogP contribution in [0.25, 0.3) is 10.4 Å². The van der Waals surface area contributed by atoms with Gasteiger partial charge in [0.1, 0.15) is 5.75 Å². The van der Waals surface area contributed by atoms with Gasteiger partial charge in [-0.15, -0.1) is 11.3 Å². The molecule has 2 amide bonds. The van der Waals surface area contributed by atoms with Crippen molar-refractivity contribution in [2.45, 2.75) is 52.3 Å². The Hall–Kier alpha value is -3.16. The van der Waals surface area contributed by atoms with E-state index in [1.54, 1.807) is 0 Å². The number of thiophene rings is 1. The van der Waals surface area contributed by atoms with Crippen molar-refractivity contribution in [2.24, 2.45) is 0 Å². The molecule has 1 saturated heterocycles. The fraction of sp³-hybridized carbons (Fsp3) is 0.357. The van der Waals surface area contributed by atoms with Crippen LogP contribution in [0.1, 0.15) is 48.8 Å². The maximum absolute atomic E-state index is 12.9. The SMILES string of the molecule is CC(=O)Nc1ccc(CN2CCC(NC(=O)c3ccc(-c4cccc(OC(C)C)c4)s3)CC2)cc1. The summed E-state index contributed by atoms with van der Waals surface area (Å²) in [6.45, 7) is 8.28. The molecule has 0 unspecified atom stereocenters. The third-order valence-electron chi connectivity index (χ3n) is 5.92. The quantitative estimate of drug-likeness (QED) is 0.433. The molecule has 184 valence electrons. The van der Waals surface area contributed by atoms with E-state index >= 15 is 0 Å². The van der Waals surface area contributed by atoms with Crippen LogP contribution < -0.4 is 15.4 Å². The number of hydrogen-bond acceptors (Lipinski definition) is 5. The van der Waals surface area contributed by atoms with Gasteiger partial charge in [-0.05, 0) is 74.2 Å². The highest BCUT2D eigenvalue weighted by Gasteiger charge is 2.22. The van der Waals surface area contributed by atoms with Crippen LogP contribution in [0.3, 0.4) is 0 Å². The zero-order valence-electron chi connectivity index (χ0n) is 20.5. The van der Waals surface area contributed by atoms with E-state index in [0.29, 0.717) is 0 Å². The highest BCUT2D eigenvalue weighted by molar-refractivity contribution is 7.17. The summed E-state index contributed by atoms with van der Waals surface area (Å²) in [5, 5.41) is 6.02. The molecule has 1 fully saturated rings. The molecule has 2 aromatic carbocycles. The van der Waals surface area contributed by atoms with Gasteiger partial charge in [0.05, 0.1) is 11.0 Å². The molecule has 0 spiro atoms. The molecule has 0 saturated carbocycles. The number of carbonyl (C=O) groups is 2. The Balaban J connectivity index is 1.26. The molecule has 7 heteroatoms. The molecule has 6 nitrogen and oxygen atoms in total. The average molecular weight is 492 g/mol. The van der Waals surface area contributed by atoms with E-state index in [2.05, 4.69) is 27.7 Å². The van der Waals surface area contributed by atoms with E-state index in [0.717, 1.165) is 59.2 Å². The smallest absolute Gasteiger partial charge is 0.261 e. The number of carbonyl (C=O) groups excluding carboxylic acids is 2. The fourth-order valence-corrected chi connectivity index (χ4v) is 5.16. The maximum atomic E-state index is 12.9. The van der Waals surface area contributed by atoms with Crippen LogP contribution in [-0.2, 0) is 11.3 Å². The molecular weight excluding hydrogens is 458 g/mol. The van der Waals surface area contributed by atoms with Crippen LogP contribution in [-0.4, -0.2) is 41.9 Å². The van der Waals surface area contributed by atoms with Crippen LogP contribution >= 0.6 is 11.3 Å². The maximum Gasteiger partial charge on any atom is 0.261 e. The van der Waals surface area contributed by atoms with Gasteiger partial charge in [-0.1, -0.05) is 24.3 Å². The van der Waals surface area contributed by atoms with Gasteiger partial charge in [0.25, 0.3) is 5.91 Å². The lowest BCUT2D eigenvalue weighted by molar-refractivity contribution is -0.114. The number of amides is 2. The first kappa shape index (κ1) is 24.9. The van der Waals surface area contributed by atoms with Crippen molar-refractivity contribution in [3.63, 3.8) is 0 Å². The van der Waals surface area contributed by atoms with E-state index in [-0.39, 0.29) is 24.0 Å². The minimum Gasteiger partial charge on any atom is -0.491 e. The second-order valence-electron chi connectivity index (χ2n) is 9.26. The summed E-state index contributed by atoms with van der Waals surface area (Å²) in [6.07, 6.45) is 1.99. The number of piperidine rings is 1. The largest absolute Gasteiger partial charge is 0.491 e. The highest BCUT2D eigenvalue weighted by Crippen LogP contribution is 2.31. The van der Waals surface area contributed by atoms with Gasteiger partial charge >= 0.3 is 0 Å². The summed E-state index contributed by atoms with van der Waals surface area (Å²) in [7, 11) is 0. The number of anilines is 1. The number of likely N-dealkylation sites (tertiary alicyclic amines) is 1. The van der Waals surface area contributed by atoms with E-state index in [4.69, 9.17) is 4.74 Å². The van der Waals surface area contributed by atoms with E-state index in [1.807, 2.05) is 62.4 Å². The molecule has 0 radical (unpaired) electrons. The zero-order chi connectivity index (χ0) is 24.8. The fourth-order valence-electron chi connectivity index (χ4n) is 4.26. The Kier molecular flexibility index (Phi) is 8.21. The predicted octanol–water partition coefficient (Wildman–Crippen LogP) is 5.56. The minimum atomic E-state index is -0.0638. The van der Waals surface area contributed by atoms with Gasteiger partial charge in [-0.2, -0.15) is 0 Å². The molecule has 0 atom stereocenters. The van der Waals surface area contributed by atoms with Crippen molar-refractivity contribution in [3.05, 3.63) is 71.1 Å². The first-order valence-electron chi connectivity index (χ1n) is 12.1. The first-order chi connectivity index (χ1) is 16.9. The van der Waals surface area contributed by atoms with Crippen molar-refractivity contribution >= 4 is 28.8 Å². The Labute approximate surface area is 211 Å². The van der Waals surface area contributed by atoms with Crippen LogP contribution in [0.4, 0.5) is 5.69 Å². The summed E-state index contributed by atoms with van der Waals surface area (Å²) in [6, 6.07) is 20.1. The number of rotatable bonds is 8. The van der Waals surface area contributed by atoms with Crippen LogP contribution in [0.2, 0.25) is 0 Å². The standard InChI is InChI=1S/C28H33N3O3S/c1-19(2)34-25-6-4-5-22(17-25)26-11-12-27(35-26)28(33)30-24-13-15-31(16-14-24)18-21-7-9-23(10-8-21)29-20(3)32/h4-12,17,19,24H,13-16,18H2,1-3H3,(H,29,32)(H,30,33). The van der Waals surface area contributed by atoms with E-state index in [9.17, 15) is 9.59 Å². The molecule has 0 bridgehead atoms. The second-order valence-corrected chi connectivity index (χ2v) is 10.3. The number of hydrogen-bond donors (Lipinski definition) is 2. The molecule has 1 aliphatic heterocycles. The molecule has 0 aliphatic carbocycles. The monoisotopic (exact) mass is 491 g/mol. The van der Waals surface area contributed by atoms with Crippen LogP contribution in [0, 0.1) is 0 Å². The number of nitrogens with one attached hydrogen (secondary N) is 2. The molecule has 3 aromatic rings. The Morgan fingerprint density at radius 1 is 1.06 bits per heavy atom. The molecule has 2 N–H and O–H groups in total. The molecule has 35 heavy (non-hydrogen) atoms. The van der Waals surface area contributed by atoms with Crippen molar-refractivity contribution in [1.82, 2.24) is 10.2 Å². The summed E-state index contributed by atoms with van der Waals surface area (Å²) in [5.74, 6) is 0.779. The van der Waals surface area contributed by atoms with Crippen molar-refractivity contribution < 1.29 is 14.3 Å². The number of nitrogens with zero attached hydrogens (tertiary/aromatic N) is 1. The lowest BCUT2D eigenvalue weighted by atomic mass is 10.0. The minimum absolute atomic E-state index is 0.00263. The Bertz CT molecular complexity index is 1150. The van der Waals surface area contributed by atoms with Gasteiger partial charge in [0, 0.05) is 43.2 Å². The lowest BCUT2D eigenvalue weighted by Gasteiger charge is -2.32. The average Bonchev–Trinajstić information content (AvgIpc) is 3.32.